The summed E-state index contributed by atoms with van der Waals surface area (Å²) in [4.78, 5) is 28.4. The molecule has 1 fully saturated rings. The van der Waals surface area contributed by atoms with E-state index < -0.39 is 0 Å². The lowest BCUT2D eigenvalue weighted by Gasteiger charge is -2.22. The Bertz CT molecular complexity index is 1020. The van der Waals surface area contributed by atoms with E-state index in [-0.39, 0.29) is 11.9 Å². The summed E-state index contributed by atoms with van der Waals surface area (Å²) in [6.07, 6.45) is 7.80. The van der Waals surface area contributed by atoms with Gasteiger partial charge in [-0.1, -0.05) is 18.9 Å². The summed E-state index contributed by atoms with van der Waals surface area (Å²) in [5.74, 6) is 0.302. The highest BCUT2D eigenvalue weighted by molar-refractivity contribution is 6.08. The van der Waals surface area contributed by atoms with Crippen molar-refractivity contribution in [2.75, 3.05) is 18.8 Å². The number of fused-ring (bicyclic) bond motifs is 1. The highest BCUT2D eigenvalue weighted by atomic mass is 16.2. The monoisotopic (exact) mass is 375 g/mol. The minimum atomic E-state index is 0.0823. The fourth-order valence-corrected chi connectivity index (χ4v) is 3.99. The van der Waals surface area contributed by atoms with E-state index in [1.165, 1.54) is 12.8 Å². The van der Waals surface area contributed by atoms with Crippen LogP contribution < -0.4 is 5.73 Å². The number of aromatic nitrogens is 3. The van der Waals surface area contributed by atoms with Crippen molar-refractivity contribution in [3.8, 4) is 11.3 Å². The molecule has 1 saturated heterocycles. The van der Waals surface area contributed by atoms with Crippen LogP contribution in [0.2, 0.25) is 0 Å². The summed E-state index contributed by atoms with van der Waals surface area (Å²) in [6.45, 7) is 5.72. The van der Waals surface area contributed by atoms with Gasteiger partial charge in [0.15, 0.2) is 0 Å². The molecule has 0 unspecified atom stereocenters. The van der Waals surface area contributed by atoms with Crippen LogP contribution in [-0.4, -0.2) is 38.8 Å². The van der Waals surface area contributed by atoms with E-state index in [2.05, 4.69) is 16.0 Å². The highest BCUT2D eigenvalue weighted by Gasteiger charge is 2.22. The van der Waals surface area contributed by atoms with E-state index in [4.69, 9.17) is 10.7 Å². The maximum absolute atomic E-state index is 13.5. The quantitative estimate of drug-likeness (QED) is 0.734. The van der Waals surface area contributed by atoms with Crippen molar-refractivity contribution in [2.24, 2.45) is 0 Å². The van der Waals surface area contributed by atoms with Crippen LogP contribution in [0.4, 0.5) is 5.95 Å². The molecule has 28 heavy (non-hydrogen) atoms. The molecule has 3 aromatic rings. The lowest BCUT2D eigenvalue weighted by atomic mass is 9.98. The number of benzene rings is 1. The van der Waals surface area contributed by atoms with Gasteiger partial charge in [0.1, 0.15) is 0 Å². The summed E-state index contributed by atoms with van der Waals surface area (Å²) >= 11 is 0. The summed E-state index contributed by atoms with van der Waals surface area (Å²) in [5.41, 5.74) is 10.8. The molecule has 4 rings (SSSR count). The van der Waals surface area contributed by atoms with Crippen molar-refractivity contribution >= 4 is 22.8 Å². The van der Waals surface area contributed by atoms with Crippen LogP contribution in [0.15, 0.2) is 30.6 Å². The second-order valence-corrected chi connectivity index (χ2v) is 7.57. The summed E-state index contributed by atoms with van der Waals surface area (Å²) < 4.78 is 0. The highest BCUT2D eigenvalue weighted by Crippen LogP contribution is 2.29. The van der Waals surface area contributed by atoms with Crippen LogP contribution in [0.5, 0.6) is 0 Å². The molecule has 0 spiro atoms. The Balaban J connectivity index is 1.89. The number of hydrogen-bond donors (Lipinski definition) is 1. The van der Waals surface area contributed by atoms with Crippen molar-refractivity contribution in [1.82, 2.24) is 19.9 Å². The molecular formula is C22H25N5O. The number of nitrogens with two attached hydrogens (primary N) is 1. The molecule has 6 heteroatoms. The van der Waals surface area contributed by atoms with Crippen LogP contribution >= 0.6 is 0 Å². The first kappa shape index (κ1) is 18.3. The molecule has 2 aromatic heterocycles. The predicted molar refractivity (Wildman–Crippen MR) is 111 cm³/mol. The molecule has 0 atom stereocenters. The number of carbonyl (C=O) groups is 1. The molecule has 0 bridgehead atoms. The van der Waals surface area contributed by atoms with Gasteiger partial charge in [-0.25, -0.2) is 15.0 Å². The van der Waals surface area contributed by atoms with Crippen LogP contribution in [-0.2, 0) is 0 Å². The number of carbonyl (C=O) groups excluding carboxylic acids is 1. The first-order valence-electron chi connectivity index (χ1n) is 9.82. The van der Waals surface area contributed by atoms with E-state index >= 15 is 0 Å². The SMILES string of the molecule is Cc1cc(C)c2c(C(=O)N3CCCCCC3)cc(-c3cnc(N)nc3)nc2c1. The minimum Gasteiger partial charge on any atom is -0.368 e. The van der Waals surface area contributed by atoms with Gasteiger partial charge in [-0.2, -0.15) is 0 Å². The van der Waals surface area contributed by atoms with E-state index in [0.29, 0.717) is 11.3 Å². The lowest BCUT2D eigenvalue weighted by molar-refractivity contribution is 0.0763. The molecule has 1 aliphatic rings. The molecule has 1 aromatic carbocycles. The third-order valence-corrected chi connectivity index (χ3v) is 5.34. The second kappa shape index (κ2) is 7.54. The molecule has 3 heterocycles. The summed E-state index contributed by atoms with van der Waals surface area (Å²) in [5, 5.41) is 0.931. The van der Waals surface area contributed by atoms with Crippen molar-refractivity contribution in [3.05, 3.63) is 47.3 Å². The smallest absolute Gasteiger partial charge is 0.254 e. The lowest BCUT2D eigenvalue weighted by Crippen LogP contribution is -2.32. The Morgan fingerprint density at radius 2 is 1.68 bits per heavy atom. The number of likely N-dealkylation sites (tertiary alicyclic amines) is 1. The molecule has 1 amide bonds. The number of anilines is 1. The van der Waals surface area contributed by atoms with Crippen molar-refractivity contribution in [2.45, 2.75) is 39.5 Å². The molecule has 0 aliphatic carbocycles. The molecule has 144 valence electrons. The molecule has 1 aliphatic heterocycles. The third kappa shape index (κ3) is 3.54. The average Bonchev–Trinajstić information content (AvgIpc) is 2.96. The molecular weight excluding hydrogens is 350 g/mol. The fraction of sp³-hybridized carbons (Fsp3) is 0.364. The Labute approximate surface area is 164 Å². The summed E-state index contributed by atoms with van der Waals surface area (Å²) in [7, 11) is 0. The second-order valence-electron chi connectivity index (χ2n) is 7.57. The van der Waals surface area contributed by atoms with Crippen LogP contribution in [0.25, 0.3) is 22.2 Å². The largest absolute Gasteiger partial charge is 0.368 e. The molecule has 0 radical (unpaired) electrons. The topological polar surface area (TPSA) is 85.0 Å². The van der Waals surface area contributed by atoms with Crippen LogP contribution in [0.1, 0.15) is 47.2 Å². The van der Waals surface area contributed by atoms with E-state index in [9.17, 15) is 4.79 Å². The van der Waals surface area contributed by atoms with Gasteiger partial charge in [0.25, 0.3) is 5.91 Å². The van der Waals surface area contributed by atoms with Gasteiger partial charge in [-0.3, -0.25) is 4.79 Å². The van der Waals surface area contributed by atoms with Gasteiger partial charge in [0.2, 0.25) is 5.95 Å². The average molecular weight is 375 g/mol. The molecule has 0 saturated carbocycles. The van der Waals surface area contributed by atoms with Gasteiger partial charge in [0.05, 0.1) is 16.8 Å². The predicted octanol–water partition coefficient (Wildman–Crippen LogP) is 3.91. The standard InChI is InChI=1S/C22H25N5O/c1-14-9-15(2)20-17(21(28)27-7-5-3-4-6-8-27)11-18(26-19(20)10-14)16-12-24-22(23)25-13-16/h9-13H,3-8H2,1-2H3,(H2,23,24,25). The minimum absolute atomic E-state index is 0.0823. The number of hydrogen-bond acceptors (Lipinski definition) is 5. The Kier molecular flexibility index (Phi) is 4.94. The maximum Gasteiger partial charge on any atom is 0.254 e. The van der Waals surface area contributed by atoms with E-state index in [1.54, 1.807) is 12.4 Å². The normalized spacial score (nSPS) is 14.9. The van der Waals surface area contributed by atoms with Crippen LogP contribution in [0.3, 0.4) is 0 Å². The Morgan fingerprint density at radius 1 is 1.00 bits per heavy atom. The van der Waals surface area contributed by atoms with Crippen molar-refractivity contribution < 1.29 is 4.79 Å². The molecule has 6 nitrogen and oxygen atoms in total. The number of rotatable bonds is 2. The third-order valence-electron chi connectivity index (χ3n) is 5.34. The Hall–Kier alpha value is -3.02. The number of amides is 1. The Morgan fingerprint density at radius 3 is 2.36 bits per heavy atom. The van der Waals surface area contributed by atoms with Gasteiger partial charge in [-0.05, 0) is 49.9 Å². The number of nitrogens with zero attached hydrogens (tertiary/aromatic N) is 4. The molecule has 2 N–H and O–H groups in total. The maximum atomic E-state index is 13.5. The van der Waals surface area contributed by atoms with Crippen molar-refractivity contribution in [3.63, 3.8) is 0 Å². The van der Waals surface area contributed by atoms with Crippen molar-refractivity contribution in [1.29, 1.82) is 0 Å². The summed E-state index contributed by atoms with van der Waals surface area (Å²) in [6, 6.07) is 6.02. The number of nitrogen functional groups attached to an aromatic ring is 1. The first-order valence-corrected chi connectivity index (χ1v) is 9.82. The van der Waals surface area contributed by atoms with Crippen LogP contribution in [0, 0.1) is 13.8 Å². The van der Waals surface area contributed by atoms with Gasteiger partial charge < -0.3 is 10.6 Å². The number of aryl methyl sites for hydroxylation is 2. The van der Waals surface area contributed by atoms with E-state index in [1.807, 2.05) is 30.9 Å². The van der Waals surface area contributed by atoms with Gasteiger partial charge in [0, 0.05) is 36.4 Å². The zero-order valence-electron chi connectivity index (χ0n) is 16.4. The zero-order chi connectivity index (χ0) is 19.7. The van der Waals surface area contributed by atoms with E-state index in [0.717, 1.165) is 53.5 Å². The number of pyridine rings is 1. The fourth-order valence-electron chi connectivity index (χ4n) is 3.99. The first-order chi connectivity index (χ1) is 13.5. The zero-order valence-corrected chi connectivity index (χ0v) is 16.4. The van der Waals surface area contributed by atoms with Gasteiger partial charge in [-0.15, -0.1) is 0 Å². The van der Waals surface area contributed by atoms with Gasteiger partial charge >= 0.3 is 0 Å².